The second kappa shape index (κ2) is 7.61. The number of benzene rings is 2. The van der Waals surface area contributed by atoms with Crippen LogP contribution in [0.25, 0.3) is 6.08 Å². The van der Waals surface area contributed by atoms with Gasteiger partial charge in [0.1, 0.15) is 11.3 Å². The summed E-state index contributed by atoms with van der Waals surface area (Å²) in [7, 11) is 2.83. The van der Waals surface area contributed by atoms with Gasteiger partial charge in [-0.25, -0.2) is 9.69 Å². The van der Waals surface area contributed by atoms with Crippen LogP contribution in [0.5, 0.6) is 17.2 Å². The molecule has 2 aromatic carbocycles. The minimum Gasteiger partial charge on any atom is -0.503 e. The van der Waals surface area contributed by atoms with E-state index in [2.05, 4.69) is 5.32 Å². The number of imide groups is 2. The lowest BCUT2D eigenvalue weighted by Crippen LogP contribution is -2.54. The van der Waals surface area contributed by atoms with E-state index in [1.807, 2.05) is 0 Å². The highest BCUT2D eigenvalue weighted by Crippen LogP contribution is 2.36. The van der Waals surface area contributed by atoms with Crippen molar-refractivity contribution in [3.8, 4) is 17.2 Å². The lowest BCUT2D eigenvalue weighted by molar-refractivity contribution is -0.122. The van der Waals surface area contributed by atoms with E-state index in [1.165, 1.54) is 44.6 Å². The van der Waals surface area contributed by atoms with Crippen LogP contribution in [0.15, 0.2) is 42.0 Å². The normalized spacial score (nSPS) is 15.6. The Morgan fingerprint density at radius 3 is 2.36 bits per heavy atom. The second-order valence-electron chi connectivity index (χ2n) is 5.71. The largest absolute Gasteiger partial charge is 0.503 e. The van der Waals surface area contributed by atoms with Crippen LogP contribution in [0.1, 0.15) is 5.56 Å². The molecular weight excluding hydrogens is 388 g/mol. The topological polar surface area (TPSA) is 105 Å². The molecule has 9 heteroatoms. The fourth-order valence-electron chi connectivity index (χ4n) is 2.62. The Balaban J connectivity index is 2.02. The highest BCUT2D eigenvalue weighted by atomic mass is 35.5. The van der Waals surface area contributed by atoms with Gasteiger partial charge in [-0.15, -0.1) is 0 Å². The minimum absolute atomic E-state index is 0.0158. The third kappa shape index (κ3) is 3.49. The molecule has 4 amide bonds. The van der Waals surface area contributed by atoms with Crippen molar-refractivity contribution in [2.24, 2.45) is 0 Å². The van der Waals surface area contributed by atoms with Crippen LogP contribution in [0.4, 0.5) is 10.5 Å². The predicted molar refractivity (Wildman–Crippen MR) is 102 cm³/mol. The highest BCUT2D eigenvalue weighted by molar-refractivity contribution is 6.39. The minimum atomic E-state index is -0.862. The summed E-state index contributed by atoms with van der Waals surface area (Å²) in [4.78, 5) is 38.1. The van der Waals surface area contributed by atoms with Crippen LogP contribution in [0, 0.1) is 0 Å². The monoisotopic (exact) mass is 402 g/mol. The van der Waals surface area contributed by atoms with Crippen molar-refractivity contribution in [3.63, 3.8) is 0 Å². The number of hydrogen-bond acceptors (Lipinski definition) is 6. The number of ether oxygens (including phenoxy) is 2. The molecule has 144 valence electrons. The number of urea groups is 1. The highest BCUT2D eigenvalue weighted by Gasteiger charge is 2.36. The molecule has 0 aliphatic carbocycles. The van der Waals surface area contributed by atoms with Crippen LogP contribution in [-0.2, 0) is 9.59 Å². The Kier molecular flexibility index (Phi) is 5.23. The Morgan fingerprint density at radius 1 is 1.07 bits per heavy atom. The van der Waals surface area contributed by atoms with Crippen LogP contribution in [-0.4, -0.2) is 37.2 Å². The van der Waals surface area contributed by atoms with Gasteiger partial charge in [0.15, 0.2) is 11.5 Å². The van der Waals surface area contributed by atoms with Gasteiger partial charge in [-0.05, 0) is 48.0 Å². The van der Waals surface area contributed by atoms with E-state index in [4.69, 9.17) is 21.1 Å². The van der Waals surface area contributed by atoms with E-state index in [1.54, 1.807) is 12.1 Å². The fraction of sp³-hybridized carbons (Fsp3) is 0.105. The third-order valence-corrected chi connectivity index (χ3v) is 4.30. The van der Waals surface area contributed by atoms with Crippen molar-refractivity contribution in [1.29, 1.82) is 0 Å². The van der Waals surface area contributed by atoms with E-state index in [0.717, 1.165) is 4.90 Å². The van der Waals surface area contributed by atoms with Crippen molar-refractivity contribution in [2.75, 3.05) is 19.1 Å². The summed E-state index contributed by atoms with van der Waals surface area (Å²) in [6.07, 6.45) is 1.26. The average molecular weight is 403 g/mol. The number of barbiturate groups is 1. The number of rotatable bonds is 4. The molecule has 1 heterocycles. The van der Waals surface area contributed by atoms with Gasteiger partial charge in [0.05, 0.1) is 24.9 Å². The molecule has 0 spiro atoms. The predicted octanol–water partition coefficient (Wildman–Crippen LogP) is 2.73. The zero-order valence-electron chi connectivity index (χ0n) is 14.9. The van der Waals surface area contributed by atoms with Crippen LogP contribution in [0.2, 0.25) is 5.02 Å². The molecule has 0 bridgehead atoms. The molecule has 0 unspecified atom stereocenters. The van der Waals surface area contributed by atoms with E-state index in [0.29, 0.717) is 11.3 Å². The summed E-state index contributed by atoms with van der Waals surface area (Å²) >= 11 is 5.94. The van der Waals surface area contributed by atoms with Gasteiger partial charge in [0.25, 0.3) is 11.8 Å². The van der Waals surface area contributed by atoms with E-state index in [-0.39, 0.29) is 27.8 Å². The Hall–Kier alpha value is -3.52. The smallest absolute Gasteiger partial charge is 0.335 e. The Morgan fingerprint density at radius 2 is 1.75 bits per heavy atom. The molecule has 2 aromatic rings. The van der Waals surface area contributed by atoms with E-state index >= 15 is 0 Å². The molecule has 1 aliphatic heterocycles. The number of aromatic hydroxyl groups is 1. The average Bonchev–Trinajstić information content (AvgIpc) is 2.68. The molecule has 3 rings (SSSR count). The van der Waals surface area contributed by atoms with Gasteiger partial charge >= 0.3 is 6.03 Å². The molecule has 0 radical (unpaired) electrons. The van der Waals surface area contributed by atoms with Crippen LogP contribution < -0.4 is 19.7 Å². The maximum atomic E-state index is 12.8. The van der Waals surface area contributed by atoms with Crippen LogP contribution in [0.3, 0.4) is 0 Å². The summed E-state index contributed by atoms with van der Waals surface area (Å²) in [5.41, 5.74) is 0.324. The quantitative estimate of drug-likeness (QED) is 0.601. The summed E-state index contributed by atoms with van der Waals surface area (Å²) in [6, 6.07) is 8.11. The molecule has 1 aliphatic rings. The van der Waals surface area contributed by atoms with Gasteiger partial charge < -0.3 is 14.6 Å². The van der Waals surface area contributed by atoms with Crippen molar-refractivity contribution in [2.45, 2.75) is 0 Å². The first kappa shape index (κ1) is 19.2. The molecular formula is C19H15ClN2O6. The molecule has 28 heavy (non-hydrogen) atoms. The van der Waals surface area contributed by atoms with Crippen molar-refractivity contribution in [1.82, 2.24) is 5.32 Å². The number of halogens is 1. The molecule has 1 saturated heterocycles. The van der Waals surface area contributed by atoms with Gasteiger partial charge in [-0.1, -0.05) is 11.6 Å². The standard InChI is InChI=1S/C19H15ClN2O6/c1-27-12-5-3-11(4-6-12)22-18(25)13(17(24)21-19(22)26)7-10-8-14(20)16(23)15(9-10)28-2/h3-9,23H,1-2H3,(H,21,24,26)/b13-7-. The number of phenolic OH excluding ortho intramolecular Hbond substituents is 1. The maximum Gasteiger partial charge on any atom is 0.335 e. The van der Waals surface area contributed by atoms with Gasteiger partial charge in [0, 0.05) is 0 Å². The number of carbonyl (C=O) groups is 3. The molecule has 0 atom stereocenters. The summed E-state index contributed by atoms with van der Waals surface area (Å²) in [6.45, 7) is 0. The van der Waals surface area contributed by atoms with Crippen molar-refractivity contribution < 1.29 is 29.0 Å². The first-order valence-corrected chi connectivity index (χ1v) is 8.35. The van der Waals surface area contributed by atoms with Gasteiger partial charge in [-0.3, -0.25) is 14.9 Å². The second-order valence-corrected chi connectivity index (χ2v) is 6.12. The number of methoxy groups -OCH3 is 2. The summed E-state index contributed by atoms with van der Waals surface area (Å²) in [5, 5.41) is 11.9. The number of nitrogens with zero attached hydrogens (tertiary/aromatic N) is 1. The number of carbonyl (C=O) groups excluding carboxylic acids is 3. The van der Waals surface area contributed by atoms with E-state index in [9.17, 15) is 19.5 Å². The van der Waals surface area contributed by atoms with Crippen LogP contribution >= 0.6 is 11.6 Å². The number of amides is 4. The fourth-order valence-corrected chi connectivity index (χ4v) is 2.84. The first-order valence-electron chi connectivity index (χ1n) is 7.97. The Labute approximate surface area is 164 Å². The number of nitrogens with one attached hydrogen (secondary N) is 1. The van der Waals surface area contributed by atoms with Gasteiger partial charge in [0.2, 0.25) is 0 Å². The number of hydrogen-bond donors (Lipinski definition) is 2. The molecule has 2 N–H and O–H groups in total. The Bertz CT molecular complexity index is 1000. The molecule has 0 aromatic heterocycles. The zero-order valence-corrected chi connectivity index (χ0v) is 15.6. The summed E-state index contributed by atoms with van der Waals surface area (Å²) in [5.74, 6) is -1.29. The number of phenols is 1. The number of anilines is 1. The summed E-state index contributed by atoms with van der Waals surface area (Å²) < 4.78 is 10.1. The van der Waals surface area contributed by atoms with Crippen molar-refractivity contribution in [3.05, 3.63) is 52.6 Å². The maximum absolute atomic E-state index is 12.8. The van der Waals surface area contributed by atoms with E-state index < -0.39 is 17.8 Å². The lowest BCUT2D eigenvalue weighted by Gasteiger charge is -2.26. The molecule has 1 fully saturated rings. The SMILES string of the molecule is COc1ccc(N2C(=O)NC(=O)/C(=C/c3cc(Cl)c(O)c(OC)c3)C2=O)cc1. The van der Waals surface area contributed by atoms with Gasteiger partial charge in [-0.2, -0.15) is 0 Å². The zero-order chi connectivity index (χ0) is 20.4. The third-order valence-electron chi connectivity index (χ3n) is 4.01. The lowest BCUT2D eigenvalue weighted by atomic mass is 10.1. The first-order chi connectivity index (χ1) is 13.3. The molecule has 0 saturated carbocycles. The van der Waals surface area contributed by atoms with Crippen molar-refractivity contribution >= 4 is 41.2 Å². The molecule has 8 nitrogen and oxygen atoms in total.